The normalized spacial score (nSPS) is 24.6. The molecule has 5 heteroatoms. The van der Waals surface area contributed by atoms with Gasteiger partial charge < -0.3 is 14.9 Å². The summed E-state index contributed by atoms with van der Waals surface area (Å²) >= 11 is 5.95. The number of benzene rings is 1. The van der Waals surface area contributed by atoms with E-state index in [0.717, 1.165) is 18.5 Å². The average molecular weight is 253 g/mol. The number of nitrogens with two attached hydrogens (primary N) is 1. The van der Waals surface area contributed by atoms with E-state index in [1.165, 1.54) is 0 Å². The summed E-state index contributed by atoms with van der Waals surface area (Å²) in [6.45, 7) is 2.89. The number of anilines is 1. The summed E-state index contributed by atoms with van der Waals surface area (Å²) in [6, 6.07) is 3.42. The van der Waals surface area contributed by atoms with Gasteiger partial charge in [-0.1, -0.05) is 18.5 Å². The van der Waals surface area contributed by atoms with E-state index in [0.29, 0.717) is 28.1 Å². The lowest BCUT2D eigenvalue weighted by atomic mass is 10.0. The van der Waals surface area contributed by atoms with Crippen LogP contribution in [0.4, 0.5) is 5.69 Å². The van der Waals surface area contributed by atoms with Crippen molar-refractivity contribution in [2.45, 2.75) is 19.4 Å². The molecule has 0 saturated carbocycles. The Morgan fingerprint density at radius 2 is 2.29 bits per heavy atom. The fourth-order valence-corrected chi connectivity index (χ4v) is 2.27. The van der Waals surface area contributed by atoms with Crippen LogP contribution in [0, 0.1) is 5.92 Å². The number of nitrogens with zero attached hydrogens (tertiary/aromatic N) is 1. The zero-order valence-electron chi connectivity index (χ0n) is 9.44. The zero-order chi connectivity index (χ0) is 12.0. The van der Waals surface area contributed by atoms with Gasteiger partial charge in [0, 0.05) is 12.7 Å². The second-order valence-corrected chi connectivity index (χ2v) is 4.86. The van der Waals surface area contributed by atoms with E-state index in [1.54, 1.807) is 12.1 Å². The quantitative estimate of drug-likeness (QED) is 0.792. The van der Waals surface area contributed by atoms with Crippen LogP contribution in [0.15, 0.2) is 16.5 Å². The predicted molar refractivity (Wildman–Crippen MR) is 65.9 cm³/mol. The molecule has 0 amide bonds. The summed E-state index contributed by atoms with van der Waals surface area (Å²) in [6.07, 6.45) is 0.981. The first-order valence-corrected chi connectivity index (χ1v) is 6.00. The summed E-state index contributed by atoms with van der Waals surface area (Å²) in [4.78, 5) is 4.42. The van der Waals surface area contributed by atoms with Crippen LogP contribution in [-0.2, 0) is 4.74 Å². The lowest BCUT2D eigenvalue weighted by Gasteiger charge is -2.08. The van der Waals surface area contributed by atoms with Gasteiger partial charge in [-0.15, -0.1) is 0 Å². The molecular formula is C12H13ClN2O2. The van der Waals surface area contributed by atoms with Gasteiger partial charge in [-0.25, -0.2) is 4.98 Å². The Labute approximate surface area is 104 Å². The molecule has 17 heavy (non-hydrogen) atoms. The fraction of sp³-hybridized carbons (Fsp3) is 0.417. The molecule has 1 aromatic carbocycles. The molecule has 1 aliphatic heterocycles. The molecule has 1 aromatic heterocycles. The average Bonchev–Trinajstić information content (AvgIpc) is 2.85. The molecule has 2 N–H and O–H groups in total. The minimum absolute atomic E-state index is 0.0533. The highest BCUT2D eigenvalue weighted by molar-refractivity contribution is 6.33. The summed E-state index contributed by atoms with van der Waals surface area (Å²) in [5.41, 5.74) is 7.61. The number of rotatable bonds is 1. The lowest BCUT2D eigenvalue weighted by Crippen LogP contribution is -2.03. The van der Waals surface area contributed by atoms with E-state index in [2.05, 4.69) is 11.9 Å². The fourth-order valence-electron chi connectivity index (χ4n) is 2.11. The summed E-state index contributed by atoms with van der Waals surface area (Å²) in [7, 11) is 0. The van der Waals surface area contributed by atoms with Crippen molar-refractivity contribution in [2.75, 3.05) is 12.3 Å². The standard InChI is InChI=1S/C12H13ClN2O2/c1-6-2-3-16-11(6)12-15-9-4-7(13)8(14)5-10(9)17-12/h4-6,11H,2-3,14H2,1H3. The van der Waals surface area contributed by atoms with E-state index in [9.17, 15) is 0 Å². The van der Waals surface area contributed by atoms with Crippen molar-refractivity contribution in [3.8, 4) is 0 Å². The summed E-state index contributed by atoms with van der Waals surface area (Å²) < 4.78 is 11.3. The summed E-state index contributed by atoms with van der Waals surface area (Å²) in [5.74, 6) is 1.04. The molecule has 0 aliphatic carbocycles. The molecule has 90 valence electrons. The van der Waals surface area contributed by atoms with E-state index < -0.39 is 0 Å². The smallest absolute Gasteiger partial charge is 0.224 e. The zero-order valence-corrected chi connectivity index (χ0v) is 10.2. The van der Waals surface area contributed by atoms with Crippen molar-refractivity contribution in [1.82, 2.24) is 4.98 Å². The Kier molecular flexibility index (Phi) is 2.49. The maximum Gasteiger partial charge on any atom is 0.224 e. The van der Waals surface area contributed by atoms with Gasteiger partial charge in [-0.3, -0.25) is 0 Å². The Morgan fingerprint density at radius 1 is 1.47 bits per heavy atom. The second-order valence-electron chi connectivity index (χ2n) is 4.45. The third kappa shape index (κ3) is 1.77. The van der Waals surface area contributed by atoms with Crippen LogP contribution < -0.4 is 5.73 Å². The molecule has 0 spiro atoms. The minimum atomic E-state index is -0.0533. The maximum atomic E-state index is 5.95. The monoisotopic (exact) mass is 252 g/mol. The molecule has 1 aliphatic rings. The largest absolute Gasteiger partial charge is 0.438 e. The number of halogens is 1. The van der Waals surface area contributed by atoms with E-state index in [1.807, 2.05) is 0 Å². The third-order valence-corrected chi connectivity index (χ3v) is 3.48. The Balaban J connectivity index is 2.07. The first-order chi connectivity index (χ1) is 8.15. The highest BCUT2D eigenvalue weighted by Gasteiger charge is 2.30. The van der Waals surface area contributed by atoms with Crippen molar-refractivity contribution >= 4 is 28.4 Å². The number of hydrogen-bond donors (Lipinski definition) is 1. The van der Waals surface area contributed by atoms with Gasteiger partial charge in [0.05, 0.1) is 10.7 Å². The minimum Gasteiger partial charge on any atom is -0.438 e. The number of nitrogen functional groups attached to an aromatic ring is 1. The molecule has 2 atom stereocenters. The van der Waals surface area contributed by atoms with Crippen molar-refractivity contribution in [3.05, 3.63) is 23.0 Å². The third-order valence-electron chi connectivity index (χ3n) is 3.15. The Bertz CT molecular complexity index is 528. The van der Waals surface area contributed by atoms with Crippen molar-refractivity contribution in [2.24, 2.45) is 5.92 Å². The van der Waals surface area contributed by atoms with Gasteiger partial charge in [-0.05, 0) is 18.4 Å². The number of ether oxygens (including phenoxy) is 1. The second kappa shape index (κ2) is 3.89. The number of fused-ring (bicyclic) bond motifs is 1. The van der Waals surface area contributed by atoms with Crippen LogP contribution in [0.2, 0.25) is 5.02 Å². The first-order valence-electron chi connectivity index (χ1n) is 5.62. The highest BCUT2D eigenvalue weighted by atomic mass is 35.5. The van der Waals surface area contributed by atoms with Crippen LogP contribution >= 0.6 is 11.6 Å². The van der Waals surface area contributed by atoms with Gasteiger partial charge >= 0.3 is 0 Å². The maximum absolute atomic E-state index is 5.95. The summed E-state index contributed by atoms with van der Waals surface area (Å²) in [5, 5.41) is 0.498. The molecule has 0 bridgehead atoms. The van der Waals surface area contributed by atoms with Crippen LogP contribution in [-0.4, -0.2) is 11.6 Å². The van der Waals surface area contributed by atoms with Crippen LogP contribution in [0.25, 0.3) is 11.1 Å². The SMILES string of the molecule is CC1CCOC1c1nc2cc(Cl)c(N)cc2o1. The number of oxazole rings is 1. The molecule has 2 aromatic rings. The van der Waals surface area contributed by atoms with Gasteiger partial charge in [0.25, 0.3) is 0 Å². The van der Waals surface area contributed by atoms with Crippen LogP contribution in [0.3, 0.4) is 0 Å². The molecule has 2 unspecified atom stereocenters. The van der Waals surface area contributed by atoms with Crippen LogP contribution in [0.5, 0.6) is 0 Å². The molecule has 2 heterocycles. The molecular weight excluding hydrogens is 240 g/mol. The molecule has 1 fully saturated rings. The highest BCUT2D eigenvalue weighted by Crippen LogP contribution is 2.36. The van der Waals surface area contributed by atoms with E-state index in [-0.39, 0.29) is 6.10 Å². The number of aromatic nitrogens is 1. The number of hydrogen-bond acceptors (Lipinski definition) is 4. The Hall–Kier alpha value is -1.26. The van der Waals surface area contributed by atoms with Crippen molar-refractivity contribution in [3.63, 3.8) is 0 Å². The first kappa shape index (κ1) is 10.9. The molecule has 3 rings (SSSR count). The van der Waals surface area contributed by atoms with Crippen LogP contribution in [0.1, 0.15) is 25.3 Å². The topological polar surface area (TPSA) is 61.3 Å². The molecule has 0 radical (unpaired) electrons. The Morgan fingerprint density at radius 3 is 3.00 bits per heavy atom. The van der Waals surface area contributed by atoms with Crippen molar-refractivity contribution in [1.29, 1.82) is 0 Å². The molecule has 4 nitrogen and oxygen atoms in total. The van der Waals surface area contributed by atoms with Gasteiger partial charge in [-0.2, -0.15) is 0 Å². The van der Waals surface area contributed by atoms with E-state index >= 15 is 0 Å². The van der Waals surface area contributed by atoms with Crippen molar-refractivity contribution < 1.29 is 9.15 Å². The lowest BCUT2D eigenvalue weighted by molar-refractivity contribution is 0.0730. The van der Waals surface area contributed by atoms with E-state index in [4.69, 9.17) is 26.5 Å². The van der Waals surface area contributed by atoms with Gasteiger partial charge in [0.1, 0.15) is 11.6 Å². The molecule has 1 saturated heterocycles. The van der Waals surface area contributed by atoms with Gasteiger partial charge in [0.15, 0.2) is 5.58 Å². The van der Waals surface area contributed by atoms with Gasteiger partial charge in [0.2, 0.25) is 5.89 Å². The predicted octanol–water partition coefficient (Wildman–Crippen LogP) is 3.16.